The molecule has 0 saturated carbocycles. The van der Waals surface area contributed by atoms with E-state index in [1.54, 1.807) is 21.7 Å². The Morgan fingerprint density at radius 1 is 1.41 bits per heavy atom. The second-order valence-electron chi connectivity index (χ2n) is 4.79. The standard InChI is InChI=1S/C12H17N5O3S2/c1-2-21-22-9-8(19)6(3-18)20-12(9)17-5-16-7-10(13)14-4-15-11(7)17/h4-6,8-9,12,18-19H,2-3H2,1H3,(H2,13,14,15)/t6-,8+,9?,12-/m1/s1. The van der Waals surface area contributed by atoms with E-state index < -0.39 is 18.4 Å². The highest BCUT2D eigenvalue weighted by molar-refractivity contribution is 8.76. The van der Waals surface area contributed by atoms with Crippen molar-refractivity contribution in [1.82, 2.24) is 19.5 Å². The van der Waals surface area contributed by atoms with Gasteiger partial charge in [0.15, 0.2) is 17.7 Å². The summed E-state index contributed by atoms with van der Waals surface area (Å²) in [5, 5.41) is 19.5. The molecule has 3 rings (SSSR count). The van der Waals surface area contributed by atoms with E-state index >= 15 is 0 Å². The predicted molar refractivity (Wildman–Crippen MR) is 86.2 cm³/mol. The Morgan fingerprint density at radius 3 is 2.95 bits per heavy atom. The molecule has 4 N–H and O–H groups in total. The van der Waals surface area contributed by atoms with Crippen molar-refractivity contribution in [2.75, 3.05) is 18.1 Å². The normalized spacial score (nSPS) is 28.5. The third-order valence-corrected chi connectivity index (χ3v) is 6.34. The molecule has 1 fully saturated rings. The van der Waals surface area contributed by atoms with E-state index in [0.29, 0.717) is 17.0 Å². The summed E-state index contributed by atoms with van der Waals surface area (Å²) in [4.78, 5) is 12.3. The Balaban J connectivity index is 1.97. The number of nitrogen functional groups attached to an aromatic ring is 1. The number of aliphatic hydroxyl groups excluding tert-OH is 2. The summed E-state index contributed by atoms with van der Waals surface area (Å²) in [6.45, 7) is 1.80. The first-order valence-electron chi connectivity index (χ1n) is 6.83. The fraction of sp³-hybridized carbons (Fsp3) is 0.583. The molecule has 1 unspecified atom stereocenters. The lowest BCUT2D eigenvalue weighted by atomic mass is 10.2. The molecule has 1 aliphatic heterocycles. The van der Waals surface area contributed by atoms with Crippen LogP contribution in [-0.4, -0.2) is 59.5 Å². The Hall–Kier alpha value is -1.07. The number of aromatic nitrogens is 4. The molecule has 4 atom stereocenters. The highest BCUT2D eigenvalue weighted by atomic mass is 33.1. The zero-order chi connectivity index (χ0) is 15.7. The molecule has 1 aliphatic rings. The molecule has 0 amide bonds. The van der Waals surface area contributed by atoms with E-state index in [0.717, 1.165) is 5.75 Å². The maximum Gasteiger partial charge on any atom is 0.167 e. The lowest BCUT2D eigenvalue weighted by molar-refractivity contribution is -0.0430. The third kappa shape index (κ3) is 2.65. The summed E-state index contributed by atoms with van der Waals surface area (Å²) in [6.07, 6.45) is 1.08. The average molecular weight is 343 g/mol. The zero-order valence-electron chi connectivity index (χ0n) is 11.9. The number of hydrogen-bond acceptors (Lipinski definition) is 9. The SMILES string of the molecule is CCSSC1[C@@H](O)[C@@H](CO)O[C@H]1n1cnc2c(N)ncnc21. The number of nitrogens with two attached hydrogens (primary N) is 1. The third-order valence-electron chi connectivity index (χ3n) is 3.45. The van der Waals surface area contributed by atoms with Crippen molar-refractivity contribution in [2.24, 2.45) is 0 Å². The maximum absolute atomic E-state index is 10.4. The topological polar surface area (TPSA) is 119 Å². The largest absolute Gasteiger partial charge is 0.394 e. The Kier molecular flexibility index (Phi) is 4.73. The van der Waals surface area contributed by atoms with Crippen LogP contribution in [0.15, 0.2) is 12.7 Å². The Labute approximate surface area is 134 Å². The highest BCUT2D eigenvalue weighted by Crippen LogP contribution is 2.43. The van der Waals surface area contributed by atoms with Gasteiger partial charge in [-0.2, -0.15) is 0 Å². The van der Waals surface area contributed by atoms with Crippen molar-refractivity contribution in [2.45, 2.75) is 30.6 Å². The molecule has 1 saturated heterocycles. The molecule has 2 aromatic heterocycles. The van der Waals surface area contributed by atoms with Crippen LogP contribution >= 0.6 is 21.6 Å². The van der Waals surface area contributed by atoms with Gasteiger partial charge in [0.25, 0.3) is 0 Å². The van der Waals surface area contributed by atoms with Crippen molar-refractivity contribution in [3.8, 4) is 0 Å². The number of rotatable bonds is 5. The molecule has 0 bridgehead atoms. The zero-order valence-corrected chi connectivity index (χ0v) is 13.5. The number of ether oxygens (including phenoxy) is 1. The molecule has 0 aromatic carbocycles. The number of nitrogens with zero attached hydrogens (tertiary/aromatic N) is 4. The highest BCUT2D eigenvalue weighted by Gasteiger charge is 2.45. The van der Waals surface area contributed by atoms with Crippen LogP contribution in [-0.2, 0) is 4.74 Å². The van der Waals surface area contributed by atoms with Gasteiger partial charge in [-0.25, -0.2) is 15.0 Å². The summed E-state index contributed by atoms with van der Waals surface area (Å²) in [5.41, 5.74) is 6.85. The first kappa shape index (κ1) is 15.8. The first-order valence-corrected chi connectivity index (χ1v) is 9.21. The number of aliphatic hydroxyl groups is 2. The summed E-state index contributed by atoms with van der Waals surface area (Å²) >= 11 is 0. The van der Waals surface area contributed by atoms with Gasteiger partial charge in [-0.15, -0.1) is 0 Å². The second kappa shape index (κ2) is 6.59. The molecule has 2 aromatic rings. The lowest BCUT2D eigenvalue weighted by Crippen LogP contribution is -2.31. The van der Waals surface area contributed by atoms with Gasteiger partial charge in [-0.3, -0.25) is 4.57 Å². The molecule has 120 valence electrons. The lowest BCUT2D eigenvalue weighted by Gasteiger charge is -2.20. The van der Waals surface area contributed by atoms with Gasteiger partial charge in [-0.05, 0) is 0 Å². The van der Waals surface area contributed by atoms with Crippen molar-refractivity contribution in [3.05, 3.63) is 12.7 Å². The van der Waals surface area contributed by atoms with Crippen LogP contribution in [0.2, 0.25) is 0 Å². The van der Waals surface area contributed by atoms with Crippen LogP contribution in [0.5, 0.6) is 0 Å². The van der Waals surface area contributed by atoms with Gasteiger partial charge >= 0.3 is 0 Å². The number of fused-ring (bicyclic) bond motifs is 1. The molecule has 8 nitrogen and oxygen atoms in total. The number of imidazole rings is 1. The van der Waals surface area contributed by atoms with Gasteiger partial charge in [0.05, 0.1) is 24.3 Å². The van der Waals surface area contributed by atoms with Crippen LogP contribution < -0.4 is 5.73 Å². The van der Waals surface area contributed by atoms with Crippen molar-refractivity contribution in [3.63, 3.8) is 0 Å². The summed E-state index contributed by atoms with van der Waals surface area (Å²) in [7, 11) is 3.17. The fourth-order valence-corrected chi connectivity index (χ4v) is 4.78. The van der Waals surface area contributed by atoms with Crippen LogP contribution in [0.25, 0.3) is 11.2 Å². The van der Waals surface area contributed by atoms with E-state index in [2.05, 4.69) is 15.0 Å². The number of anilines is 1. The molecular weight excluding hydrogens is 326 g/mol. The van der Waals surface area contributed by atoms with E-state index in [1.165, 1.54) is 17.1 Å². The van der Waals surface area contributed by atoms with E-state index in [1.807, 2.05) is 6.92 Å². The van der Waals surface area contributed by atoms with Gasteiger partial charge in [0.2, 0.25) is 0 Å². The van der Waals surface area contributed by atoms with Crippen LogP contribution in [0.1, 0.15) is 13.2 Å². The average Bonchev–Trinajstić information content (AvgIpc) is 3.07. The monoisotopic (exact) mass is 343 g/mol. The fourth-order valence-electron chi connectivity index (χ4n) is 2.40. The summed E-state index contributed by atoms with van der Waals surface area (Å²) in [5.74, 6) is 1.21. The van der Waals surface area contributed by atoms with Gasteiger partial charge in [0, 0.05) is 5.75 Å². The van der Waals surface area contributed by atoms with Crippen LogP contribution in [0.3, 0.4) is 0 Å². The molecule has 22 heavy (non-hydrogen) atoms. The van der Waals surface area contributed by atoms with Crippen molar-refractivity contribution < 1.29 is 14.9 Å². The summed E-state index contributed by atoms with van der Waals surface area (Å²) in [6, 6.07) is 0. The van der Waals surface area contributed by atoms with Crippen molar-refractivity contribution >= 4 is 38.6 Å². The maximum atomic E-state index is 10.4. The van der Waals surface area contributed by atoms with Gasteiger partial charge in [0.1, 0.15) is 17.9 Å². The minimum Gasteiger partial charge on any atom is -0.394 e. The first-order chi connectivity index (χ1) is 10.7. The number of hydrogen-bond donors (Lipinski definition) is 3. The smallest absolute Gasteiger partial charge is 0.167 e. The molecule has 3 heterocycles. The second-order valence-corrected chi connectivity index (χ2v) is 7.62. The van der Waals surface area contributed by atoms with Gasteiger partial charge < -0.3 is 20.7 Å². The molecular formula is C12H17N5O3S2. The van der Waals surface area contributed by atoms with Crippen molar-refractivity contribution in [1.29, 1.82) is 0 Å². The van der Waals surface area contributed by atoms with Crippen LogP contribution in [0, 0.1) is 0 Å². The predicted octanol–water partition coefficient (Wildman–Crippen LogP) is 0.429. The quantitative estimate of drug-likeness (QED) is 0.664. The molecule has 0 radical (unpaired) electrons. The molecule has 0 spiro atoms. The van der Waals surface area contributed by atoms with E-state index in [9.17, 15) is 10.2 Å². The van der Waals surface area contributed by atoms with Gasteiger partial charge in [-0.1, -0.05) is 28.5 Å². The summed E-state index contributed by atoms with van der Waals surface area (Å²) < 4.78 is 7.55. The Bertz CT molecular complexity index is 655. The minimum atomic E-state index is -0.768. The molecule has 0 aliphatic carbocycles. The van der Waals surface area contributed by atoms with E-state index in [-0.39, 0.29) is 11.9 Å². The van der Waals surface area contributed by atoms with E-state index in [4.69, 9.17) is 10.5 Å². The Morgan fingerprint density at radius 2 is 2.23 bits per heavy atom. The molecule has 10 heteroatoms. The minimum absolute atomic E-state index is 0.240. The van der Waals surface area contributed by atoms with Crippen LogP contribution in [0.4, 0.5) is 5.82 Å².